The summed E-state index contributed by atoms with van der Waals surface area (Å²) in [7, 11) is -2.60. The zero-order valence-corrected chi connectivity index (χ0v) is 20.1. The summed E-state index contributed by atoms with van der Waals surface area (Å²) in [6.07, 6.45) is 0.762. The summed E-state index contributed by atoms with van der Waals surface area (Å²) in [6, 6.07) is 11.0. The number of halogens is 1. The van der Waals surface area contributed by atoms with Gasteiger partial charge in [-0.2, -0.15) is 0 Å². The summed E-state index contributed by atoms with van der Waals surface area (Å²) in [5.74, 6) is 0.0515. The highest BCUT2D eigenvalue weighted by atomic mass is 35.5. The van der Waals surface area contributed by atoms with E-state index in [4.69, 9.17) is 16.3 Å². The van der Waals surface area contributed by atoms with Gasteiger partial charge in [0.1, 0.15) is 15.7 Å². The molecular weight excluding hydrogens is 472 g/mol. The average Bonchev–Trinajstić information content (AvgIpc) is 3.18. The van der Waals surface area contributed by atoms with Crippen molar-refractivity contribution in [2.75, 3.05) is 12.4 Å². The largest absolute Gasteiger partial charge is 0.495 e. The Kier molecular flexibility index (Phi) is 7.83. The summed E-state index contributed by atoms with van der Waals surface area (Å²) < 4.78 is 33.6. The molecule has 2 N–H and O–H groups in total. The van der Waals surface area contributed by atoms with Crippen molar-refractivity contribution in [1.29, 1.82) is 0 Å². The minimum Gasteiger partial charge on any atom is -0.495 e. The molecule has 0 aliphatic rings. The number of carbonyl (C=O) groups excluding carboxylic acids is 1. The van der Waals surface area contributed by atoms with Crippen molar-refractivity contribution in [2.45, 2.75) is 31.7 Å². The fourth-order valence-electron chi connectivity index (χ4n) is 2.79. The first-order valence-corrected chi connectivity index (χ1v) is 12.4. The number of carbonyl (C=O) groups is 1. The number of rotatable bonds is 9. The van der Waals surface area contributed by atoms with Crippen LogP contribution in [0.1, 0.15) is 34.8 Å². The summed E-state index contributed by atoms with van der Waals surface area (Å²) >= 11 is 7.15. The maximum Gasteiger partial charge on any atom is 0.257 e. The highest BCUT2D eigenvalue weighted by Gasteiger charge is 2.22. The molecule has 0 spiro atoms. The van der Waals surface area contributed by atoms with Crippen molar-refractivity contribution >= 4 is 44.0 Å². The number of hydrogen-bond donors (Lipinski definition) is 2. The molecule has 11 heteroatoms. The van der Waals surface area contributed by atoms with Crippen molar-refractivity contribution in [2.24, 2.45) is 5.92 Å². The molecule has 2 aromatic carbocycles. The van der Waals surface area contributed by atoms with Crippen LogP contribution in [0.3, 0.4) is 0 Å². The molecule has 0 aliphatic heterocycles. The summed E-state index contributed by atoms with van der Waals surface area (Å²) in [5.41, 5.74) is 0.887. The van der Waals surface area contributed by atoms with Crippen molar-refractivity contribution in [3.05, 3.63) is 63.6 Å². The van der Waals surface area contributed by atoms with Crippen LogP contribution in [0.5, 0.6) is 5.75 Å². The van der Waals surface area contributed by atoms with Gasteiger partial charge in [-0.15, -0.1) is 10.2 Å². The van der Waals surface area contributed by atoms with E-state index < -0.39 is 15.9 Å². The molecule has 0 bridgehead atoms. The zero-order valence-electron chi connectivity index (χ0n) is 17.8. The Morgan fingerprint density at radius 3 is 2.53 bits per heavy atom. The van der Waals surface area contributed by atoms with Crippen molar-refractivity contribution < 1.29 is 17.9 Å². The Bertz CT molecular complexity index is 1190. The van der Waals surface area contributed by atoms with Crippen LogP contribution in [0.15, 0.2) is 47.4 Å². The van der Waals surface area contributed by atoms with Crippen LogP contribution in [0.4, 0.5) is 5.13 Å². The van der Waals surface area contributed by atoms with Gasteiger partial charge in [-0.3, -0.25) is 10.1 Å². The van der Waals surface area contributed by atoms with E-state index in [-0.39, 0.29) is 22.8 Å². The van der Waals surface area contributed by atoms with E-state index in [1.54, 1.807) is 24.3 Å². The van der Waals surface area contributed by atoms with Crippen LogP contribution in [0.2, 0.25) is 5.02 Å². The van der Waals surface area contributed by atoms with Gasteiger partial charge >= 0.3 is 0 Å². The van der Waals surface area contributed by atoms with Crippen LogP contribution >= 0.6 is 22.9 Å². The highest BCUT2D eigenvalue weighted by Crippen LogP contribution is 2.26. The third-order valence-corrected chi connectivity index (χ3v) is 6.90. The maximum atomic E-state index is 12.9. The number of nitrogens with one attached hydrogen (secondary N) is 2. The van der Waals surface area contributed by atoms with Gasteiger partial charge in [0.15, 0.2) is 0 Å². The molecule has 170 valence electrons. The quantitative estimate of drug-likeness (QED) is 0.462. The van der Waals surface area contributed by atoms with E-state index in [2.05, 4.69) is 34.1 Å². The molecule has 1 aromatic heterocycles. The minimum absolute atomic E-state index is 0.0580. The normalized spacial score (nSPS) is 11.5. The molecule has 0 atom stereocenters. The van der Waals surface area contributed by atoms with Gasteiger partial charge in [0, 0.05) is 23.6 Å². The number of benzene rings is 2. The average molecular weight is 495 g/mol. The van der Waals surface area contributed by atoms with Crippen molar-refractivity contribution in [3.8, 4) is 5.75 Å². The second-order valence-electron chi connectivity index (χ2n) is 7.37. The van der Waals surface area contributed by atoms with Crippen LogP contribution in [0, 0.1) is 5.92 Å². The van der Waals surface area contributed by atoms with Gasteiger partial charge in [-0.05, 0) is 41.8 Å². The fraction of sp³-hybridized carbons (Fsp3) is 0.286. The predicted octanol–water partition coefficient (Wildman–Crippen LogP) is 4.13. The first-order chi connectivity index (χ1) is 15.2. The third-order valence-electron chi connectivity index (χ3n) is 4.37. The zero-order chi connectivity index (χ0) is 23.3. The molecule has 0 saturated carbocycles. The smallest absolute Gasteiger partial charge is 0.257 e. The number of hydrogen-bond acceptors (Lipinski definition) is 7. The molecule has 3 rings (SSSR count). The molecule has 1 amide bonds. The lowest BCUT2D eigenvalue weighted by atomic mass is 10.1. The maximum absolute atomic E-state index is 12.9. The highest BCUT2D eigenvalue weighted by molar-refractivity contribution is 7.89. The molecule has 0 saturated heterocycles. The summed E-state index contributed by atoms with van der Waals surface area (Å²) in [6.45, 7) is 4.20. The van der Waals surface area contributed by atoms with Crippen molar-refractivity contribution in [3.63, 3.8) is 0 Å². The number of methoxy groups -OCH3 is 1. The van der Waals surface area contributed by atoms with Crippen molar-refractivity contribution in [1.82, 2.24) is 14.9 Å². The molecule has 0 radical (unpaired) electrons. The van der Waals surface area contributed by atoms with Crippen LogP contribution < -0.4 is 14.8 Å². The second-order valence-corrected chi connectivity index (χ2v) is 10.6. The summed E-state index contributed by atoms with van der Waals surface area (Å²) in [4.78, 5) is 12.6. The SMILES string of the molecule is COc1ccc(C(=O)Nc2nnc(CC(C)C)s2)cc1S(=O)(=O)NCc1ccc(Cl)cc1. The number of aromatic nitrogens is 2. The molecule has 0 fully saturated rings. The van der Waals surface area contributed by atoms with E-state index in [9.17, 15) is 13.2 Å². The monoisotopic (exact) mass is 494 g/mol. The Morgan fingerprint density at radius 1 is 1.16 bits per heavy atom. The molecule has 0 unspecified atom stereocenters. The lowest BCUT2D eigenvalue weighted by Gasteiger charge is -2.12. The number of amides is 1. The van der Waals surface area contributed by atoms with E-state index in [1.165, 1.54) is 36.6 Å². The van der Waals surface area contributed by atoms with E-state index in [0.717, 1.165) is 17.0 Å². The first-order valence-electron chi connectivity index (χ1n) is 9.74. The topological polar surface area (TPSA) is 110 Å². The van der Waals surface area contributed by atoms with Gasteiger partial charge in [-0.1, -0.05) is 48.9 Å². The van der Waals surface area contributed by atoms with Gasteiger partial charge < -0.3 is 4.74 Å². The fourth-order valence-corrected chi connectivity index (χ4v) is 5.07. The lowest BCUT2D eigenvalue weighted by Crippen LogP contribution is -2.24. The number of sulfonamides is 1. The Balaban J connectivity index is 1.78. The third kappa shape index (κ3) is 6.26. The van der Waals surface area contributed by atoms with Gasteiger partial charge in [0.05, 0.1) is 7.11 Å². The molecule has 8 nitrogen and oxygen atoms in total. The van der Waals surface area contributed by atoms with Gasteiger partial charge in [0.2, 0.25) is 15.2 Å². The number of anilines is 1. The Hall–Kier alpha value is -2.53. The van der Waals surface area contributed by atoms with Crippen LogP contribution in [-0.2, 0) is 23.0 Å². The number of ether oxygens (including phenoxy) is 1. The lowest BCUT2D eigenvalue weighted by molar-refractivity contribution is 0.102. The molecule has 0 aliphatic carbocycles. The predicted molar refractivity (Wildman–Crippen MR) is 125 cm³/mol. The standard InChI is InChI=1S/C21H23ClN4O4S2/c1-13(2)10-19-25-26-21(31-19)24-20(27)15-6-9-17(30-3)18(11-15)32(28,29)23-12-14-4-7-16(22)8-5-14/h4-9,11,13,23H,10,12H2,1-3H3,(H,24,26,27). The minimum atomic E-state index is -3.96. The van der Waals surface area contributed by atoms with E-state index in [0.29, 0.717) is 16.1 Å². The van der Waals surface area contributed by atoms with E-state index in [1.807, 2.05) is 0 Å². The molecule has 1 heterocycles. The first kappa shape index (κ1) is 24.1. The molecule has 3 aromatic rings. The number of nitrogens with zero attached hydrogens (tertiary/aromatic N) is 2. The molecule has 32 heavy (non-hydrogen) atoms. The van der Waals surface area contributed by atoms with E-state index >= 15 is 0 Å². The summed E-state index contributed by atoms with van der Waals surface area (Å²) in [5, 5.41) is 12.4. The second kappa shape index (κ2) is 10.4. The van der Waals surface area contributed by atoms with Gasteiger partial charge in [-0.25, -0.2) is 13.1 Å². The van der Waals surface area contributed by atoms with Crippen LogP contribution in [0.25, 0.3) is 0 Å². The van der Waals surface area contributed by atoms with Crippen LogP contribution in [-0.4, -0.2) is 31.6 Å². The van der Waals surface area contributed by atoms with Gasteiger partial charge in [0.25, 0.3) is 5.91 Å². The Labute approximate surface area is 196 Å². The molecular formula is C21H23ClN4O4S2. The Morgan fingerprint density at radius 2 is 1.88 bits per heavy atom.